The van der Waals surface area contributed by atoms with Gasteiger partial charge in [0.2, 0.25) is 0 Å². The highest BCUT2D eigenvalue weighted by atomic mass is 32.1. The Labute approximate surface area is 97.7 Å². The van der Waals surface area contributed by atoms with Gasteiger partial charge in [-0.15, -0.1) is 5.10 Å². The molecule has 0 aromatic carbocycles. The molecule has 1 fully saturated rings. The van der Waals surface area contributed by atoms with E-state index in [1.807, 2.05) is 22.3 Å². The van der Waals surface area contributed by atoms with Gasteiger partial charge in [-0.25, -0.2) is 4.68 Å². The van der Waals surface area contributed by atoms with E-state index in [4.69, 9.17) is 0 Å². The Hall–Kier alpha value is -1.43. The highest BCUT2D eigenvalue weighted by molar-refractivity contribution is 7.03. The fraction of sp³-hybridized carbons (Fsp3) is 0.500. The van der Waals surface area contributed by atoms with Crippen molar-refractivity contribution >= 4 is 17.4 Å². The Morgan fingerprint density at radius 3 is 3.19 bits per heavy atom. The maximum atomic E-state index is 4.32. The predicted molar refractivity (Wildman–Crippen MR) is 62.2 cm³/mol. The summed E-state index contributed by atoms with van der Waals surface area (Å²) in [5.74, 6) is 1.90. The van der Waals surface area contributed by atoms with Crippen molar-refractivity contribution in [2.24, 2.45) is 5.92 Å². The van der Waals surface area contributed by atoms with E-state index in [9.17, 15) is 0 Å². The first kappa shape index (κ1) is 9.77. The maximum Gasteiger partial charge on any atom is 0.124 e. The second-order valence-electron chi connectivity index (χ2n) is 4.09. The summed E-state index contributed by atoms with van der Waals surface area (Å²) in [5.41, 5.74) is 0.976. The smallest absolute Gasteiger partial charge is 0.124 e. The standard InChI is InChI=1S/C10H13N5S/c1-2-8(1)6-15-10(3-4-12-15)11-5-9-7-16-14-13-9/h3-4,7-8,11H,1-2,5-6H2. The quantitative estimate of drug-likeness (QED) is 0.858. The predicted octanol–water partition coefficient (Wildman–Crippen LogP) is 1.76. The lowest BCUT2D eigenvalue weighted by atomic mass is 10.4. The number of anilines is 1. The summed E-state index contributed by atoms with van der Waals surface area (Å²) in [4.78, 5) is 0. The third kappa shape index (κ3) is 2.21. The number of hydrogen-bond acceptors (Lipinski definition) is 5. The second kappa shape index (κ2) is 4.21. The summed E-state index contributed by atoms with van der Waals surface area (Å²) in [6, 6.07) is 2.00. The zero-order chi connectivity index (χ0) is 10.8. The molecule has 0 radical (unpaired) electrons. The van der Waals surface area contributed by atoms with Crippen LogP contribution in [0.15, 0.2) is 17.6 Å². The SMILES string of the molecule is c1cc(NCc2csnn2)n(CC2CC2)n1. The second-order valence-corrected chi connectivity index (χ2v) is 4.70. The van der Waals surface area contributed by atoms with Gasteiger partial charge in [0.25, 0.3) is 0 Å². The van der Waals surface area contributed by atoms with Crippen molar-refractivity contribution < 1.29 is 0 Å². The molecule has 1 saturated carbocycles. The molecule has 0 aliphatic heterocycles. The van der Waals surface area contributed by atoms with Crippen LogP contribution in [-0.2, 0) is 13.1 Å². The van der Waals surface area contributed by atoms with Crippen molar-refractivity contribution in [2.75, 3.05) is 5.32 Å². The molecule has 0 amide bonds. The monoisotopic (exact) mass is 235 g/mol. The zero-order valence-corrected chi connectivity index (χ0v) is 9.65. The largest absolute Gasteiger partial charge is 0.365 e. The van der Waals surface area contributed by atoms with Crippen molar-refractivity contribution in [3.8, 4) is 0 Å². The lowest BCUT2D eigenvalue weighted by Crippen LogP contribution is -2.09. The molecule has 1 N–H and O–H groups in total. The molecule has 0 saturated heterocycles. The number of hydrogen-bond donors (Lipinski definition) is 1. The van der Waals surface area contributed by atoms with E-state index in [0.717, 1.165) is 24.0 Å². The van der Waals surface area contributed by atoms with Crippen molar-refractivity contribution in [2.45, 2.75) is 25.9 Å². The highest BCUT2D eigenvalue weighted by Crippen LogP contribution is 2.31. The maximum absolute atomic E-state index is 4.32. The first-order chi connectivity index (χ1) is 7.92. The van der Waals surface area contributed by atoms with Crippen LogP contribution in [0.5, 0.6) is 0 Å². The Morgan fingerprint density at radius 2 is 2.44 bits per heavy atom. The van der Waals surface area contributed by atoms with Gasteiger partial charge < -0.3 is 5.32 Å². The molecule has 2 heterocycles. The van der Waals surface area contributed by atoms with Gasteiger partial charge in [0.05, 0.1) is 18.4 Å². The minimum absolute atomic E-state index is 0.715. The van der Waals surface area contributed by atoms with E-state index in [-0.39, 0.29) is 0 Å². The molecule has 1 aliphatic carbocycles. The van der Waals surface area contributed by atoms with Gasteiger partial charge in [-0.05, 0) is 30.3 Å². The molecule has 1 aliphatic rings. The average molecular weight is 235 g/mol. The van der Waals surface area contributed by atoms with Crippen LogP contribution in [0.25, 0.3) is 0 Å². The summed E-state index contributed by atoms with van der Waals surface area (Å²) < 4.78 is 5.87. The molecule has 16 heavy (non-hydrogen) atoms. The molecule has 0 spiro atoms. The van der Waals surface area contributed by atoms with Gasteiger partial charge in [-0.3, -0.25) is 0 Å². The molecular weight excluding hydrogens is 222 g/mol. The average Bonchev–Trinajstić information content (AvgIpc) is 2.80. The minimum atomic E-state index is 0.715. The first-order valence-corrected chi connectivity index (χ1v) is 6.27. The number of nitrogens with one attached hydrogen (secondary N) is 1. The topological polar surface area (TPSA) is 55.6 Å². The molecular formula is C10H13N5S. The van der Waals surface area contributed by atoms with Crippen molar-refractivity contribution in [3.63, 3.8) is 0 Å². The first-order valence-electron chi connectivity index (χ1n) is 5.43. The molecule has 0 bridgehead atoms. The van der Waals surface area contributed by atoms with Crippen LogP contribution in [0.3, 0.4) is 0 Å². The van der Waals surface area contributed by atoms with Gasteiger partial charge >= 0.3 is 0 Å². The lowest BCUT2D eigenvalue weighted by Gasteiger charge is -2.07. The third-order valence-corrected chi connectivity index (χ3v) is 3.25. The van der Waals surface area contributed by atoms with Gasteiger partial charge in [0.15, 0.2) is 0 Å². The fourth-order valence-corrected chi connectivity index (χ4v) is 2.07. The molecule has 2 aromatic heterocycles. The van der Waals surface area contributed by atoms with E-state index in [2.05, 4.69) is 20.0 Å². The van der Waals surface area contributed by atoms with Gasteiger partial charge in [-0.2, -0.15) is 5.10 Å². The highest BCUT2D eigenvalue weighted by Gasteiger charge is 2.22. The summed E-state index contributed by atoms with van der Waals surface area (Å²) in [6.45, 7) is 1.75. The van der Waals surface area contributed by atoms with Gasteiger partial charge in [0, 0.05) is 18.0 Å². The normalized spacial score (nSPS) is 15.2. The van der Waals surface area contributed by atoms with E-state index in [1.54, 1.807) is 0 Å². The molecule has 2 aromatic rings. The molecule has 5 nitrogen and oxygen atoms in total. The van der Waals surface area contributed by atoms with Gasteiger partial charge in [0.1, 0.15) is 5.82 Å². The molecule has 0 atom stereocenters. The fourth-order valence-electron chi connectivity index (χ4n) is 1.62. The van der Waals surface area contributed by atoms with E-state index < -0.39 is 0 Å². The summed E-state index contributed by atoms with van der Waals surface area (Å²) in [5, 5.41) is 13.6. The third-order valence-electron chi connectivity index (χ3n) is 2.70. The van der Waals surface area contributed by atoms with E-state index in [0.29, 0.717) is 6.54 Å². The number of rotatable bonds is 5. The molecule has 3 rings (SSSR count). The zero-order valence-electron chi connectivity index (χ0n) is 8.83. The van der Waals surface area contributed by atoms with E-state index >= 15 is 0 Å². The van der Waals surface area contributed by atoms with Crippen LogP contribution >= 0.6 is 11.5 Å². The molecule has 84 valence electrons. The number of nitrogens with zero attached hydrogens (tertiary/aromatic N) is 4. The molecule has 0 unspecified atom stereocenters. The van der Waals surface area contributed by atoms with Crippen molar-refractivity contribution in [1.29, 1.82) is 0 Å². The Kier molecular flexibility index (Phi) is 2.57. The van der Waals surface area contributed by atoms with Crippen LogP contribution in [0.2, 0.25) is 0 Å². The van der Waals surface area contributed by atoms with Crippen LogP contribution < -0.4 is 5.32 Å². The van der Waals surface area contributed by atoms with Gasteiger partial charge in [-0.1, -0.05) is 4.49 Å². The Bertz CT molecular complexity index is 445. The van der Waals surface area contributed by atoms with Crippen LogP contribution in [-0.4, -0.2) is 19.4 Å². The Morgan fingerprint density at radius 1 is 1.50 bits per heavy atom. The number of aromatic nitrogens is 4. The van der Waals surface area contributed by atoms with Crippen LogP contribution in [0.1, 0.15) is 18.5 Å². The lowest BCUT2D eigenvalue weighted by molar-refractivity contribution is 0.567. The summed E-state index contributed by atoms with van der Waals surface area (Å²) >= 11 is 1.38. The van der Waals surface area contributed by atoms with Crippen LogP contribution in [0.4, 0.5) is 5.82 Å². The summed E-state index contributed by atoms with van der Waals surface area (Å²) in [6.07, 6.45) is 4.52. The molecule has 6 heteroatoms. The van der Waals surface area contributed by atoms with Crippen molar-refractivity contribution in [3.05, 3.63) is 23.3 Å². The Balaban J connectivity index is 1.62. The van der Waals surface area contributed by atoms with Crippen molar-refractivity contribution in [1.82, 2.24) is 19.4 Å². The minimum Gasteiger partial charge on any atom is -0.365 e. The van der Waals surface area contributed by atoms with E-state index in [1.165, 1.54) is 24.4 Å². The van der Waals surface area contributed by atoms with Crippen LogP contribution in [0, 0.1) is 5.92 Å². The summed E-state index contributed by atoms with van der Waals surface area (Å²) in [7, 11) is 0.